The Morgan fingerprint density at radius 3 is 2.00 bits per heavy atom. The van der Waals surface area contributed by atoms with E-state index < -0.39 is 67.5 Å². The van der Waals surface area contributed by atoms with E-state index in [0.29, 0.717) is 12.1 Å². The third kappa shape index (κ3) is 7.77. The quantitative estimate of drug-likeness (QED) is 0.0682. The van der Waals surface area contributed by atoms with Gasteiger partial charge in [0.25, 0.3) is 30.4 Å². The lowest BCUT2D eigenvalue weighted by Gasteiger charge is -2.11. The van der Waals surface area contributed by atoms with E-state index >= 15 is 0 Å². The van der Waals surface area contributed by atoms with Crippen molar-refractivity contribution in [2.45, 2.75) is 21.6 Å². The van der Waals surface area contributed by atoms with Crippen LogP contribution in [0.3, 0.4) is 0 Å². The first kappa shape index (κ1) is 32.8. The van der Waals surface area contributed by atoms with Crippen LogP contribution >= 0.6 is 23.2 Å². The second kappa shape index (κ2) is 11.9. The summed E-state index contributed by atoms with van der Waals surface area (Å²) >= 11 is 11.3. The number of aryl methyl sites for hydroxylation is 1. The number of benzene rings is 3. The van der Waals surface area contributed by atoms with Crippen LogP contribution in [0.4, 0.5) is 17.1 Å². The van der Waals surface area contributed by atoms with E-state index in [-0.39, 0.29) is 33.1 Å². The van der Waals surface area contributed by atoms with Gasteiger partial charge in [-0.25, -0.2) is 4.99 Å². The molecule has 16 nitrogen and oxygen atoms in total. The van der Waals surface area contributed by atoms with Crippen molar-refractivity contribution in [3.05, 3.63) is 53.7 Å². The number of aliphatic imine (C=N–C) groups is 2. The Kier molecular flexibility index (Phi) is 9.29. The maximum Gasteiger partial charge on any atom is 0.296 e. The fourth-order valence-corrected chi connectivity index (χ4v) is 5.68. The summed E-state index contributed by atoms with van der Waals surface area (Å²) in [7, 11) is -15.1. The molecular weight excluding hydrogens is 663 g/mol. The van der Waals surface area contributed by atoms with E-state index in [1.165, 1.54) is 18.2 Å². The SMILES string of the molecule is C=C(Cl)NC(N=C(N)Cl)=Nc1ccc2c(O)c(N=Nc3cc(S(=O)(=O)O)c(C)cc3S(=O)(=O)O)c(S(=O)(=O)O)cc2c1. The van der Waals surface area contributed by atoms with Gasteiger partial charge in [-0.1, -0.05) is 18.2 Å². The average Bonchev–Trinajstić information content (AvgIpc) is 2.80. The van der Waals surface area contributed by atoms with Crippen LogP contribution in [0.15, 0.2) is 83.0 Å². The number of phenolic OH excluding ortho intramolecular Hbond substituents is 1. The number of aromatic hydroxyl groups is 1. The molecule has 224 valence electrons. The molecule has 7 N–H and O–H groups in total. The number of nitrogens with one attached hydrogen (secondary N) is 1. The van der Waals surface area contributed by atoms with Crippen molar-refractivity contribution in [1.29, 1.82) is 0 Å². The van der Waals surface area contributed by atoms with Crippen molar-refractivity contribution in [1.82, 2.24) is 5.32 Å². The zero-order valence-electron chi connectivity index (χ0n) is 20.8. The Bertz CT molecular complexity index is 2060. The predicted molar refractivity (Wildman–Crippen MR) is 153 cm³/mol. The summed E-state index contributed by atoms with van der Waals surface area (Å²) in [6.45, 7) is 4.53. The summed E-state index contributed by atoms with van der Waals surface area (Å²) in [5.74, 6) is -1.09. The first-order chi connectivity index (χ1) is 19.2. The van der Waals surface area contributed by atoms with E-state index in [9.17, 15) is 44.0 Å². The Morgan fingerprint density at radius 1 is 0.881 bits per heavy atom. The zero-order valence-corrected chi connectivity index (χ0v) is 24.7. The first-order valence-corrected chi connectivity index (χ1v) is 15.7. The largest absolute Gasteiger partial charge is 0.505 e. The second-order valence-corrected chi connectivity index (χ2v) is 13.1. The molecule has 0 fully saturated rings. The van der Waals surface area contributed by atoms with E-state index in [1.807, 2.05) is 0 Å². The molecule has 0 saturated heterocycles. The number of nitrogens with zero attached hydrogens (tertiary/aromatic N) is 4. The molecule has 0 spiro atoms. The average molecular weight is 682 g/mol. The topological polar surface area (TPSA) is 271 Å². The number of nitrogens with two attached hydrogens (primary N) is 1. The highest BCUT2D eigenvalue weighted by Crippen LogP contribution is 2.43. The number of amidine groups is 1. The Morgan fingerprint density at radius 2 is 1.48 bits per heavy atom. The number of azo groups is 1. The third-order valence-corrected chi connectivity index (χ3v) is 8.00. The fraction of sp³-hybridized carbons (Fsp3) is 0.0476. The number of hydrogen-bond acceptors (Lipinski definition) is 10. The minimum absolute atomic E-state index is 0.0187. The molecule has 0 saturated carbocycles. The van der Waals surface area contributed by atoms with Gasteiger partial charge in [-0.3, -0.25) is 13.7 Å². The number of halogens is 2. The van der Waals surface area contributed by atoms with E-state index in [4.69, 9.17) is 28.9 Å². The van der Waals surface area contributed by atoms with Crippen LogP contribution in [0.5, 0.6) is 5.75 Å². The normalized spacial score (nSPS) is 13.6. The van der Waals surface area contributed by atoms with Gasteiger partial charge in [-0.15, -0.1) is 10.2 Å². The maximum atomic E-state index is 12.2. The fourth-order valence-electron chi connectivity index (χ4n) is 3.44. The summed E-state index contributed by atoms with van der Waals surface area (Å²) in [6.07, 6.45) is 0. The molecule has 0 radical (unpaired) electrons. The Labute approximate surface area is 248 Å². The van der Waals surface area contributed by atoms with Crippen molar-refractivity contribution in [3.8, 4) is 5.75 Å². The van der Waals surface area contributed by atoms with E-state index in [1.54, 1.807) is 0 Å². The van der Waals surface area contributed by atoms with Crippen molar-refractivity contribution in [3.63, 3.8) is 0 Å². The molecule has 0 aromatic heterocycles. The van der Waals surface area contributed by atoms with E-state index in [0.717, 1.165) is 13.0 Å². The maximum absolute atomic E-state index is 12.2. The number of phenols is 1. The van der Waals surface area contributed by atoms with Gasteiger partial charge in [0.05, 0.1) is 10.6 Å². The zero-order chi connectivity index (χ0) is 31.8. The predicted octanol–water partition coefficient (Wildman–Crippen LogP) is 3.85. The van der Waals surface area contributed by atoms with Crippen LogP contribution in [-0.2, 0) is 30.4 Å². The second-order valence-electron chi connectivity index (χ2n) is 8.09. The van der Waals surface area contributed by atoms with Crippen LogP contribution in [-0.4, -0.2) is 55.3 Å². The summed E-state index contributed by atoms with van der Waals surface area (Å²) < 4.78 is 100. The van der Waals surface area contributed by atoms with Gasteiger partial charge in [0.2, 0.25) is 5.96 Å². The molecule has 0 heterocycles. The van der Waals surface area contributed by atoms with Crippen LogP contribution < -0.4 is 11.1 Å². The van der Waals surface area contributed by atoms with Crippen LogP contribution in [0.25, 0.3) is 10.8 Å². The monoisotopic (exact) mass is 680 g/mol. The molecule has 3 rings (SSSR count). The van der Waals surface area contributed by atoms with Crippen molar-refractivity contribution in [2.75, 3.05) is 0 Å². The number of hydrogen-bond donors (Lipinski definition) is 6. The van der Waals surface area contributed by atoms with Gasteiger partial charge >= 0.3 is 0 Å². The van der Waals surface area contributed by atoms with Gasteiger partial charge in [-0.05, 0) is 65.9 Å². The molecule has 0 amide bonds. The molecule has 0 bridgehead atoms. The van der Waals surface area contributed by atoms with E-state index in [2.05, 4.69) is 32.1 Å². The number of guanidine groups is 1. The van der Waals surface area contributed by atoms with Gasteiger partial charge < -0.3 is 16.2 Å². The van der Waals surface area contributed by atoms with Gasteiger partial charge in [-0.2, -0.15) is 30.2 Å². The van der Waals surface area contributed by atoms with Crippen LogP contribution in [0, 0.1) is 6.92 Å². The molecule has 3 aromatic rings. The minimum Gasteiger partial charge on any atom is -0.505 e. The summed E-state index contributed by atoms with van der Waals surface area (Å²) in [6, 6.07) is 5.91. The van der Waals surface area contributed by atoms with Crippen LogP contribution in [0.2, 0.25) is 0 Å². The van der Waals surface area contributed by atoms with Crippen molar-refractivity contribution in [2.24, 2.45) is 25.9 Å². The highest BCUT2D eigenvalue weighted by molar-refractivity contribution is 7.86. The molecule has 0 aliphatic carbocycles. The van der Waals surface area contributed by atoms with Crippen molar-refractivity contribution < 1.29 is 44.0 Å². The molecule has 0 atom stereocenters. The van der Waals surface area contributed by atoms with Crippen molar-refractivity contribution >= 4 is 92.6 Å². The molecule has 0 aliphatic heterocycles. The first-order valence-electron chi connectivity index (χ1n) is 10.7. The standard InChI is InChI=1S/C21H18Cl2N6O10S3/c1-9-5-16(41(34,35)36)14(8-15(9)40(31,32)33)28-29-18-17(42(37,38)39)7-11-6-12(3-4-13(11)19(18)30)26-21(25-10(2)22)27-20(23)24/h3-8,30H,2H2,1H3,(H,31,32,33)(H,34,35,36)(H,37,38,39)(H3,24,25,26,27). The molecule has 21 heteroatoms. The highest BCUT2D eigenvalue weighted by Gasteiger charge is 2.25. The molecule has 42 heavy (non-hydrogen) atoms. The van der Waals surface area contributed by atoms with Gasteiger partial charge in [0.15, 0.2) is 11.0 Å². The Balaban J connectivity index is 2.30. The summed E-state index contributed by atoms with van der Waals surface area (Å²) in [5, 5.41) is 19.8. The Hall–Kier alpha value is -3.69. The summed E-state index contributed by atoms with van der Waals surface area (Å²) in [5.41, 5.74) is 3.40. The summed E-state index contributed by atoms with van der Waals surface area (Å²) in [4.78, 5) is 5.04. The van der Waals surface area contributed by atoms with Gasteiger partial charge in [0, 0.05) is 5.39 Å². The smallest absolute Gasteiger partial charge is 0.296 e. The minimum atomic E-state index is -5.15. The van der Waals surface area contributed by atoms with Crippen LogP contribution in [0.1, 0.15) is 5.56 Å². The number of fused-ring (bicyclic) bond motifs is 1. The lowest BCUT2D eigenvalue weighted by atomic mass is 10.1. The highest BCUT2D eigenvalue weighted by atomic mass is 35.5. The molecule has 0 unspecified atom stereocenters. The molecule has 0 aliphatic rings. The lowest BCUT2D eigenvalue weighted by Crippen LogP contribution is -2.20. The third-order valence-electron chi connectivity index (χ3n) is 5.08. The number of rotatable bonds is 7. The molecular formula is C21H18Cl2N6O10S3. The molecule has 3 aromatic carbocycles. The lowest BCUT2D eigenvalue weighted by molar-refractivity contribution is 0.472. The van der Waals surface area contributed by atoms with Gasteiger partial charge in [0.1, 0.15) is 26.3 Å².